The third-order valence-electron chi connectivity index (χ3n) is 7.47. The van der Waals surface area contributed by atoms with Crippen LogP contribution in [0.25, 0.3) is 11.1 Å². The molecule has 0 aliphatic carbocycles. The first-order chi connectivity index (χ1) is 19.6. The summed E-state index contributed by atoms with van der Waals surface area (Å²) in [6, 6.07) is 10.9. The van der Waals surface area contributed by atoms with Crippen LogP contribution >= 0.6 is 0 Å². The maximum atomic E-state index is 14.8. The molecular weight excluding hydrogens is 533 g/mol. The number of nitrogens with zero attached hydrogens (tertiary/aromatic N) is 4. The Bertz CT molecular complexity index is 1410. The zero-order valence-electron chi connectivity index (χ0n) is 23.1. The van der Waals surface area contributed by atoms with E-state index in [1.807, 2.05) is 6.07 Å². The molecule has 1 aromatic heterocycles. The average molecular weight is 567 g/mol. The van der Waals surface area contributed by atoms with E-state index in [-0.39, 0.29) is 17.6 Å². The lowest BCUT2D eigenvalue weighted by Gasteiger charge is -2.34. The van der Waals surface area contributed by atoms with Crippen molar-refractivity contribution in [3.63, 3.8) is 0 Å². The van der Waals surface area contributed by atoms with Crippen molar-refractivity contribution in [2.45, 2.75) is 51.2 Å². The van der Waals surface area contributed by atoms with Crippen molar-refractivity contribution in [1.29, 1.82) is 0 Å². The Morgan fingerprint density at radius 1 is 1.05 bits per heavy atom. The van der Waals surface area contributed by atoms with Gasteiger partial charge in [-0.05, 0) is 80.3 Å². The number of amides is 1. The molecule has 5 rings (SSSR count). The summed E-state index contributed by atoms with van der Waals surface area (Å²) in [5.74, 6) is -1.04. The largest absolute Gasteiger partial charge is 0.493 e. The molecule has 0 spiro atoms. The lowest BCUT2D eigenvalue weighted by Crippen LogP contribution is -2.41. The number of carbonyl (C=O) groups excluding carboxylic acids is 1. The summed E-state index contributed by atoms with van der Waals surface area (Å²) in [4.78, 5) is 19.9. The lowest BCUT2D eigenvalue weighted by atomic mass is 9.94. The maximum absolute atomic E-state index is 14.8. The highest BCUT2D eigenvalue weighted by Crippen LogP contribution is 2.34. The van der Waals surface area contributed by atoms with E-state index in [0.29, 0.717) is 73.6 Å². The van der Waals surface area contributed by atoms with Gasteiger partial charge in [-0.2, -0.15) is 5.10 Å². The summed E-state index contributed by atoms with van der Waals surface area (Å²) in [5, 5.41) is 15.5. The SMILES string of the molecule is CC(C)(O)CCOc1ccc(F)c(-c2ccnc(N3CCC(C(=O)N4N=CC[C@H]4c4cc(F)cc(F)c4)CC3)c2)c1. The zero-order valence-corrected chi connectivity index (χ0v) is 23.1. The van der Waals surface area contributed by atoms with Gasteiger partial charge in [-0.3, -0.25) is 4.79 Å². The molecule has 10 heteroatoms. The number of aromatic nitrogens is 1. The molecule has 1 atom stereocenters. The van der Waals surface area contributed by atoms with Crippen LogP contribution in [0.3, 0.4) is 0 Å². The van der Waals surface area contributed by atoms with E-state index in [1.54, 1.807) is 44.5 Å². The molecule has 2 aliphatic rings. The topological polar surface area (TPSA) is 78.3 Å². The van der Waals surface area contributed by atoms with Crippen molar-refractivity contribution in [2.24, 2.45) is 11.0 Å². The van der Waals surface area contributed by atoms with E-state index < -0.39 is 23.3 Å². The number of hydrazone groups is 1. The molecule has 0 radical (unpaired) electrons. The molecule has 216 valence electrons. The molecule has 41 heavy (non-hydrogen) atoms. The normalized spacial score (nSPS) is 17.8. The Hall–Kier alpha value is -3.92. The fraction of sp³-hybridized carbons (Fsp3) is 0.387. The van der Waals surface area contributed by atoms with Crippen LogP contribution in [0.4, 0.5) is 19.0 Å². The Kier molecular flexibility index (Phi) is 8.30. The van der Waals surface area contributed by atoms with Gasteiger partial charge in [0.2, 0.25) is 5.91 Å². The van der Waals surface area contributed by atoms with E-state index in [4.69, 9.17) is 4.74 Å². The number of hydrogen-bond donors (Lipinski definition) is 1. The highest BCUT2D eigenvalue weighted by molar-refractivity contribution is 5.82. The number of piperidine rings is 1. The first kappa shape index (κ1) is 28.6. The molecule has 1 fully saturated rings. The standard InChI is InChI=1S/C31H33F3N4O3/c1-31(2,40)9-14-41-25-3-4-27(34)26(19-25)21-5-10-35-29(17-21)37-12-7-20(8-13-37)30(39)38-28(6-11-36-38)22-15-23(32)18-24(33)16-22/h3-5,10-11,15-20,28,40H,6-9,12-14H2,1-2H3/t28-/m0/s1. The van der Waals surface area contributed by atoms with E-state index in [2.05, 4.69) is 15.0 Å². The van der Waals surface area contributed by atoms with Crippen molar-refractivity contribution >= 4 is 17.9 Å². The summed E-state index contributed by atoms with van der Waals surface area (Å²) in [6.07, 6.45) is 5.17. The number of carbonyl (C=O) groups is 1. The van der Waals surface area contributed by atoms with Crippen LogP contribution in [0.15, 0.2) is 59.8 Å². The summed E-state index contributed by atoms with van der Waals surface area (Å²) in [5.41, 5.74) is 0.553. The van der Waals surface area contributed by atoms with Gasteiger partial charge >= 0.3 is 0 Å². The van der Waals surface area contributed by atoms with Gasteiger partial charge in [-0.1, -0.05) is 0 Å². The van der Waals surface area contributed by atoms with Crippen molar-refractivity contribution < 1.29 is 27.8 Å². The van der Waals surface area contributed by atoms with Gasteiger partial charge in [0.1, 0.15) is 29.0 Å². The van der Waals surface area contributed by atoms with Crippen LogP contribution in [0.1, 0.15) is 51.1 Å². The Morgan fingerprint density at radius 3 is 2.49 bits per heavy atom. The lowest BCUT2D eigenvalue weighted by molar-refractivity contribution is -0.138. The molecule has 7 nitrogen and oxygen atoms in total. The molecule has 0 unspecified atom stereocenters. The van der Waals surface area contributed by atoms with Crippen molar-refractivity contribution in [3.8, 4) is 16.9 Å². The molecule has 1 amide bonds. The van der Waals surface area contributed by atoms with Gasteiger partial charge in [0.15, 0.2) is 0 Å². The fourth-order valence-corrected chi connectivity index (χ4v) is 5.21. The zero-order chi connectivity index (χ0) is 29.1. The van der Waals surface area contributed by atoms with Crippen molar-refractivity contribution in [1.82, 2.24) is 9.99 Å². The second kappa shape index (κ2) is 11.9. The third kappa shape index (κ3) is 6.87. The number of pyridine rings is 1. The summed E-state index contributed by atoms with van der Waals surface area (Å²) in [6.45, 7) is 4.83. The van der Waals surface area contributed by atoms with Crippen LogP contribution in [0.2, 0.25) is 0 Å². The number of anilines is 1. The highest BCUT2D eigenvalue weighted by Gasteiger charge is 2.35. The summed E-state index contributed by atoms with van der Waals surface area (Å²) in [7, 11) is 0. The predicted octanol–water partition coefficient (Wildman–Crippen LogP) is 5.88. The third-order valence-corrected chi connectivity index (χ3v) is 7.47. The molecular formula is C31H33F3N4O3. The second-order valence-electron chi connectivity index (χ2n) is 11.2. The molecule has 1 saturated heterocycles. The number of ether oxygens (including phenoxy) is 1. The minimum atomic E-state index is -0.856. The van der Waals surface area contributed by atoms with Gasteiger partial charge in [0, 0.05) is 55.9 Å². The van der Waals surface area contributed by atoms with Gasteiger partial charge in [0.05, 0.1) is 18.2 Å². The first-order valence-corrected chi connectivity index (χ1v) is 13.7. The minimum Gasteiger partial charge on any atom is -0.493 e. The summed E-state index contributed by atoms with van der Waals surface area (Å²) >= 11 is 0. The first-order valence-electron chi connectivity index (χ1n) is 13.7. The van der Waals surface area contributed by atoms with Crippen LogP contribution in [-0.2, 0) is 4.79 Å². The fourth-order valence-electron chi connectivity index (χ4n) is 5.21. The van der Waals surface area contributed by atoms with Crippen molar-refractivity contribution in [2.75, 3.05) is 24.6 Å². The van der Waals surface area contributed by atoms with Gasteiger partial charge in [-0.25, -0.2) is 23.2 Å². The van der Waals surface area contributed by atoms with Gasteiger partial charge < -0.3 is 14.7 Å². The minimum absolute atomic E-state index is 0.168. The number of rotatable bonds is 8. The molecule has 2 aromatic carbocycles. The monoisotopic (exact) mass is 566 g/mol. The molecule has 1 N–H and O–H groups in total. The smallest absolute Gasteiger partial charge is 0.246 e. The predicted molar refractivity (Wildman–Crippen MR) is 150 cm³/mol. The van der Waals surface area contributed by atoms with Gasteiger partial charge in [-0.15, -0.1) is 0 Å². The quantitative estimate of drug-likeness (QED) is 0.369. The average Bonchev–Trinajstić information content (AvgIpc) is 3.43. The Balaban J connectivity index is 1.23. The van der Waals surface area contributed by atoms with E-state index >= 15 is 0 Å². The Labute approximate surface area is 237 Å². The molecule has 3 heterocycles. The number of aliphatic hydroxyl groups is 1. The summed E-state index contributed by atoms with van der Waals surface area (Å²) < 4.78 is 48.1. The highest BCUT2D eigenvalue weighted by atomic mass is 19.1. The van der Waals surface area contributed by atoms with E-state index in [1.165, 1.54) is 23.2 Å². The molecule has 0 bridgehead atoms. The molecule has 0 saturated carbocycles. The number of benzene rings is 2. The Morgan fingerprint density at radius 2 is 1.78 bits per heavy atom. The second-order valence-corrected chi connectivity index (χ2v) is 11.2. The van der Waals surface area contributed by atoms with Crippen LogP contribution < -0.4 is 9.64 Å². The van der Waals surface area contributed by atoms with E-state index in [9.17, 15) is 23.1 Å². The van der Waals surface area contributed by atoms with E-state index in [0.717, 1.165) is 6.07 Å². The van der Waals surface area contributed by atoms with Gasteiger partial charge in [0.25, 0.3) is 0 Å². The maximum Gasteiger partial charge on any atom is 0.246 e. The van der Waals surface area contributed by atoms with Crippen LogP contribution in [0, 0.1) is 23.4 Å². The van der Waals surface area contributed by atoms with Crippen LogP contribution in [-0.4, -0.2) is 52.5 Å². The van der Waals surface area contributed by atoms with Crippen LogP contribution in [0.5, 0.6) is 5.75 Å². The number of hydrogen-bond acceptors (Lipinski definition) is 6. The molecule has 2 aliphatic heterocycles. The number of halogens is 3. The molecule has 3 aromatic rings. The van der Waals surface area contributed by atoms with Crippen molar-refractivity contribution in [3.05, 3.63) is 77.7 Å².